The molecule has 2 atom stereocenters. The van der Waals surface area contributed by atoms with Crippen molar-refractivity contribution >= 4 is 5.97 Å². The number of carbonyl (C=O) groups excluding carboxylic acids is 1. The molecule has 3 heteroatoms. The second-order valence-electron chi connectivity index (χ2n) is 7.33. The lowest BCUT2D eigenvalue weighted by atomic mass is 9.83. The topological polar surface area (TPSA) is 46.5 Å². The molecule has 136 valence electrons. The molecule has 0 heterocycles. The second-order valence-corrected chi connectivity index (χ2v) is 7.33. The zero-order chi connectivity index (χ0) is 16.9. The van der Waals surface area contributed by atoms with E-state index in [1.807, 2.05) is 0 Å². The van der Waals surface area contributed by atoms with Gasteiger partial charge in [0.1, 0.15) is 6.10 Å². The van der Waals surface area contributed by atoms with Gasteiger partial charge in [0.2, 0.25) is 0 Å². The van der Waals surface area contributed by atoms with Crippen molar-refractivity contribution in [2.45, 2.75) is 116 Å². The van der Waals surface area contributed by atoms with E-state index in [1.54, 1.807) is 0 Å². The van der Waals surface area contributed by atoms with Crippen LogP contribution in [0.3, 0.4) is 0 Å². The molecule has 1 aliphatic rings. The predicted octanol–water partition coefficient (Wildman–Crippen LogP) is 5.39. The monoisotopic (exact) mass is 326 g/mol. The Kier molecular flexibility index (Phi) is 11.4. The van der Waals surface area contributed by atoms with Crippen LogP contribution in [0.1, 0.15) is 104 Å². The van der Waals surface area contributed by atoms with Gasteiger partial charge in [-0.25, -0.2) is 0 Å². The Labute approximate surface area is 143 Å². The number of esters is 1. The molecule has 0 amide bonds. The van der Waals surface area contributed by atoms with Crippen LogP contribution in [0.5, 0.6) is 0 Å². The van der Waals surface area contributed by atoms with Gasteiger partial charge < -0.3 is 9.84 Å². The van der Waals surface area contributed by atoms with E-state index in [2.05, 4.69) is 6.92 Å². The maximum absolute atomic E-state index is 11.3. The van der Waals surface area contributed by atoms with E-state index in [9.17, 15) is 9.90 Å². The zero-order valence-corrected chi connectivity index (χ0v) is 15.4. The molecule has 1 N–H and O–H groups in total. The first-order chi connectivity index (χ1) is 11.1. The van der Waals surface area contributed by atoms with Crippen LogP contribution >= 0.6 is 0 Å². The average Bonchev–Trinajstić information content (AvgIpc) is 2.54. The van der Waals surface area contributed by atoms with Crippen molar-refractivity contribution in [2.24, 2.45) is 5.92 Å². The molecule has 0 radical (unpaired) electrons. The Hall–Kier alpha value is -0.570. The molecule has 1 fully saturated rings. The van der Waals surface area contributed by atoms with Crippen LogP contribution in [0.4, 0.5) is 0 Å². The summed E-state index contributed by atoms with van der Waals surface area (Å²) in [6, 6.07) is 0. The van der Waals surface area contributed by atoms with Gasteiger partial charge in [0, 0.05) is 6.92 Å². The lowest BCUT2D eigenvalue weighted by Gasteiger charge is -2.29. The Bertz CT molecular complexity index is 297. The van der Waals surface area contributed by atoms with Gasteiger partial charge in [0.05, 0.1) is 6.10 Å². The van der Waals surface area contributed by atoms with Crippen molar-refractivity contribution in [3.05, 3.63) is 0 Å². The highest BCUT2D eigenvalue weighted by Gasteiger charge is 2.25. The van der Waals surface area contributed by atoms with Crippen LogP contribution in [0.15, 0.2) is 0 Å². The molecule has 23 heavy (non-hydrogen) atoms. The van der Waals surface area contributed by atoms with E-state index in [-0.39, 0.29) is 18.2 Å². The van der Waals surface area contributed by atoms with Gasteiger partial charge in [-0.05, 0) is 44.4 Å². The van der Waals surface area contributed by atoms with Crippen molar-refractivity contribution < 1.29 is 14.6 Å². The summed E-state index contributed by atoms with van der Waals surface area (Å²) in [6.45, 7) is 3.72. The highest BCUT2D eigenvalue weighted by Crippen LogP contribution is 2.30. The molecule has 0 saturated heterocycles. The van der Waals surface area contributed by atoms with E-state index in [0.717, 1.165) is 44.9 Å². The van der Waals surface area contributed by atoms with E-state index < -0.39 is 0 Å². The summed E-state index contributed by atoms with van der Waals surface area (Å²) in [5, 5.41) is 9.94. The van der Waals surface area contributed by atoms with Gasteiger partial charge in [-0.2, -0.15) is 0 Å². The molecule has 3 nitrogen and oxygen atoms in total. The van der Waals surface area contributed by atoms with Crippen LogP contribution in [0.2, 0.25) is 0 Å². The highest BCUT2D eigenvalue weighted by atomic mass is 16.5. The van der Waals surface area contributed by atoms with Crippen molar-refractivity contribution in [1.29, 1.82) is 0 Å². The van der Waals surface area contributed by atoms with Gasteiger partial charge in [0.25, 0.3) is 0 Å². The van der Waals surface area contributed by atoms with Gasteiger partial charge in [-0.15, -0.1) is 0 Å². The molecular weight excluding hydrogens is 288 g/mol. The smallest absolute Gasteiger partial charge is 0.302 e. The quantitative estimate of drug-likeness (QED) is 0.386. The second kappa shape index (κ2) is 12.8. The van der Waals surface area contributed by atoms with E-state index in [1.165, 1.54) is 51.9 Å². The summed E-state index contributed by atoms with van der Waals surface area (Å²) in [4.78, 5) is 11.3. The van der Waals surface area contributed by atoms with E-state index in [4.69, 9.17) is 4.74 Å². The molecule has 0 aromatic heterocycles. The molecule has 0 spiro atoms. The largest absolute Gasteiger partial charge is 0.462 e. The first-order valence-corrected chi connectivity index (χ1v) is 9.98. The zero-order valence-electron chi connectivity index (χ0n) is 15.4. The normalized spacial score (nSPS) is 18.6. The standard InChI is InChI=1S/C20H38O3/c1-3-4-7-14-19(22)15-10-6-11-16-20(23-17(2)21)18-12-8-5-9-13-18/h18-20,22H,3-16H2,1-2H3/t19-,20-/m1/s1. The Morgan fingerprint density at radius 2 is 1.61 bits per heavy atom. The minimum atomic E-state index is -0.132. The van der Waals surface area contributed by atoms with Crippen LogP contribution in [-0.4, -0.2) is 23.3 Å². The number of carbonyl (C=O) groups is 1. The summed E-state index contributed by atoms with van der Waals surface area (Å²) in [5.41, 5.74) is 0. The molecule has 0 bridgehead atoms. The summed E-state index contributed by atoms with van der Waals surface area (Å²) < 4.78 is 5.59. The molecule has 1 saturated carbocycles. The maximum Gasteiger partial charge on any atom is 0.302 e. The van der Waals surface area contributed by atoms with Crippen molar-refractivity contribution in [2.75, 3.05) is 0 Å². The minimum Gasteiger partial charge on any atom is -0.462 e. The lowest BCUT2D eigenvalue weighted by Crippen LogP contribution is -2.28. The minimum absolute atomic E-state index is 0.121. The number of hydrogen-bond acceptors (Lipinski definition) is 3. The SMILES string of the molecule is CCCCC[C@@H](O)CCCCC[C@@H](OC(C)=O)C1CCCCC1. The third kappa shape index (κ3) is 10.0. The fourth-order valence-electron chi connectivity index (χ4n) is 3.79. The van der Waals surface area contributed by atoms with Gasteiger partial charge in [-0.1, -0.05) is 58.3 Å². The average molecular weight is 327 g/mol. The van der Waals surface area contributed by atoms with Crippen LogP contribution in [0.25, 0.3) is 0 Å². The number of aliphatic hydroxyl groups excluding tert-OH is 1. The van der Waals surface area contributed by atoms with Crippen molar-refractivity contribution in [3.63, 3.8) is 0 Å². The van der Waals surface area contributed by atoms with Gasteiger partial charge in [-0.3, -0.25) is 4.79 Å². The van der Waals surface area contributed by atoms with Crippen LogP contribution in [-0.2, 0) is 9.53 Å². The number of rotatable bonds is 12. The first kappa shape index (κ1) is 20.5. The molecular formula is C20H38O3. The maximum atomic E-state index is 11.3. The third-order valence-electron chi connectivity index (χ3n) is 5.16. The number of aliphatic hydroxyl groups is 1. The number of ether oxygens (including phenoxy) is 1. The summed E-state index contributed by atoms with van der Waals surface area (Å²) in [7, 11) is 0. The Morgan fingerprint density at radius 3 is 2.22 bits per heavy atom. The van der Waals surface area contributed by atoms with Crippen molar-refractivity contribution in [1.82, 2.24) is 0 Å². The molecule has 0 aromatic rings. The summed E-state index contributed by atoms with van der Waals surface area (Å²) >= 11 is 0. The molecule has 1 rings (SSSR count). The Balaban J connectivity index is 2.15. The number of unbranched alkanes of at least 4 members (excludes halogenated alkanes) is 4. The summed E-state index contributed by atoms with van der Waals surface area (Å²) in [6.07, 6.45) is 16.1. The van der Waals surface area contributed by atoms with Gasteiger partial charge >= 0.3 is 5.97 Å². The fraction of sp³-hybridized carbons (Fsp3) is 0.950. The number of hydrogen-bond donors (Lipinski definition) is 1. The fourth-order valence-corrected chi connectivity index (χ4v) is 3.79. The molecule has 1 aliphatic carbocycles. The molecule has 0 aromatic carbocycles. The predicted molar refractivity (Wildman–Crippen MR) is 95.4 cm³/mol. The van der Waals surface area contributed by atoms with Crippen LogP contribution in [0, 0.1) is 5.92 Å². The van der Waals surface area contributed by atoms with Crippen LogP contribution < -0.4 is 0 Å². The van der Waals surface area contributed by atoms with Crippen molar-refractivity contribution in [3.8, 4) is 0 Å². The van der Waals surface area contributed by atoms with E-state index in [0.29, 0.717) is 5.92 Å². The lowest BCUT2D eigenvalue weighted by molar-refractivity contribution is -0.150. The Morgan fingerprint density at radius 1 is 1.00 bits per heavy atom. The summed E-state index contributed by atoms with van der Waals surface area (Å²) in [5.74, 6) is 0.444. The molecule has 0 aliphatic heterocycles. The highest BCUT2D eigenvalue weighted by molar-refractivity contribution is 5.66. The third-order valence-corrected chi connectivity index (χ3v) is 5.16. The van der Waals surface area contributed by atoms with E-state index >= 15 is 0 Å². The van der Waals surface area contributed by atoms with Gasteiger partial charge in [0.15, 0.2) is 0 Å². The first-order valence-electron chi connectivity index (χ1n) is 9.98. The molecule has 0 unspecified atom stereocenters.